The van der Waals surface area contributed by atoms with Gasteiger partial charge in [0, 0.05) is 12.2 Å². The number of para-hydroxylation sites is 1. The molecule has 0 atom stereocenters. The second-order valence-corrected chi connectivity index (χ2v) is 8.06. The Morgan fingerprint density at radius 3 is 2.43 bits per heavy atom. The maximum Gasteiger partial charge on any atom is 0.324 e. The predicted molar refractivity (Wildman–Crippen MR) is 115 cm³/mol. The summed E-state index contributed by atoms with van der Waals surface area (Å²) in [7, 11) is 0. The largest absolute Gasteiger partial charge is 0.351 e. The Labute approximate surface area is 170 Å². The summed E-state index contributed by atoms with van der Waals surface area (Å²) in [6, 6.07) is 12.4. The summed E-state index contributed by atoms with van der Waals surface area (Å²) in [5.74, 6) is -0.0858. The van der Waals surface area contributed by atoms with Crippen LogP contribution in [0.1, 0.15) is 41.8 Å². The van der Waals surface area contributed by atoms with E-state index in [0.29, 0.717) is 16.4 Å². The molecule has 0 radical (unpaired) electrons. The SMILES string of the molecule is O=C(Nc1ccccc1)Nc1ccc(C(=O)NCCCN2CCCCCC2)s1. The third-order valence-corrected chi connectivity index (χ3v) is 5.73. The molecule has 7 heteroatoms. The van der Waals surface area contributed by atoms with Gasteiger partial charge in [0.15, 0.2) is 0 Å². The quantitative estimate of drug-likeness (QED) is 0.604. The first-order valence-electron chi connectivity index (χ1n) is 9.94. The third-order valence-electron chi connectivity index (χ3n) is 4.73. The number of carbonyl (C=O) groups is 2. The molecule has 1 aliphatic rings. The molecule has 1 aromatic carbocycles. The van der Waals surface area contributed by atoms with Gasteiger partial charge in [0.2, 0.25) is 0 Å². The number of nitrogens with one attached hydrogen (secondary N) is 3. The van der Waals surface area contributed by atoms with Crippen molar-refractivity contribution in [2.45, 2.75) is 32.1 Å². The topological polar surface area (TPSA) is 73.5 Å². The zero-order chi connectivity index (χ0) is 19.6. The van der Waals surface area contributed by atoms with Crippen molar-refractivity contribution in [3.63, 3.8) is 0 Å². The van der Waals surface area contributed by atoms with E-state index in [0.717, 1.165) is 18.7 Å². The van der Waals surface area contributed by atoms with Gasteiger partial charge in [-0.25, -0.2) is 4.79 Å². The van der Waals surface area contributed by atoms with Crippen LogP contribution in [0, 0.1) is 0 Å². The predicted octanol–water partition coefficient (Wildman–Crippen LogP) is 4.39. The van der Waals surface area contributed by atoms with E-state index in [1.54, 1.807) is 12.1 Å². The molecule has 2 aromatic rings. The fraction of sp³-hybridized carbons (Fsp3) is 0.429. The zero-order valence-electron chi connectivity index (χ0n) is 16.1. The average molecular weight is 401 g/mol. The van der Waals surface area contributed by atoms with Gasteiger partial charge in [-0.1, -0.05) is 31.0 Å². The minimum atomic E-state index is -0.322. The average Bonchev–Trinajstić information content (AvgIpc) is 3.00. The van der Waals surface area contributed by atoms with Crippen molar-refractivity contribution in [3.8, 4) is 0 Å². The number of anilines is 2. The highest BCUT2D eigenvalue weighted by atomic mass is 32.1. The lowest BCUT2D eigenvalue weighted by atomic mass is 10.2. The minimum absolute atomic E-state index is 0.0858. The molecule has 3 amide bonds. The maximum absolute atomic E-state index is 12.3. The van der Waals surface area contributed by atoms with E-state index < -0.39 is 0 Å². The highest BCUT2D eigenvalue weighted by molar-refractivity contribution is 7.18. The van der Waals surface area contributed by atoms with Crippen LogP contribution in [0.3, 0.4) is 0 Å². The highest BCUT2D eigenvalue weighted by Gasteiger charge is 2.12. The van der Waals surface area contributed by atoms with Crippen molar-refractivity contribution in [2.75, 3.05) is 36.8 Å². The van der Waals surface area contributed by atoms with Crippen LogP contribution in [-0.4, -0.2) is 43.0 Å². The fourth-order valence-electron chi connectivity index (χ4n) is 3.27. The first-order valence-corrected chi connectivity index (χ1v) is 10.8. The summed E-state index contributed by atoms with van der Waals surface area (Å²) in [5.41, 5.74) is 0.721. The van der Waals surface area contributed by atoms with E-state index in [1.807, 2.05) is 30.3 Å². The van der Waals surface area contributed by atoms with Gasteiger partial charge in [-0.05, 0) is 63.2 Å². The van der Waals surface area contributed by atoms with Crippen molar-refractivity contribution in [2.24, 2.45) is 0 Å². The van der Waals surface area contributed by atoms with E-state index in [2.05, 4.69) is 20.9 Å². The van der Waals surface area contributed by atoms with Crippen LogP contribution in [0.15, 0.2) is 42.5 Å². The summed E-state index contributed by atoms with van der Waals surface area (Å²) in [6.45, 7) is 4.07. The molecule has 150 valence electrons. The smallest absolute Gasteiger partial charge is 0.324 e. The third kappa shape index (κ3) is 6.65. The molecule has 6 nitrogen and oxygen atoms in total. The standard InChI is InChI=1S/C21H28N4O2S/c26-20(22-13-8-16-25-14-6-1-2-7-15-25)18-11-12-19(28-18)24-21(27)23-17-9-4-3-5-10-17/h3-5,9-12H,1-2,6-8,13-16H2,(H,22,26)(H2,23,24,27). The molecule has 1 saturated heterocycles. The molecule has 1 aromatic heterocycles. The molecule has 0 bridgehead atoms. The normalized spacial score (nSPS) is 14.9. The Balaban J connectivity index is 1.38. The number of likely N-dealkylation sites (tertiary alicyclic amines) is 1. The summed E-state index contributed by atoms with van der Waals surface area (Å²) in [4.78, 5) is 27.4. The van der Waals surface area contributed by atoms with Crippen LogP contribution in [-0.2, 0) is 0 Å². The van der Waals surface area contributed by atoms with Gasteiger partial charge < -0.3 is 15.5 Å². The van der Waals surface area contributed by atoms with E-state index in [1.165, 1.54) is 50.1 Å². The molecule has 1 aliphatic heterocycles. The summed E-state index contributed by atoms with van der Waals surface area (Å²) < 4.78 is 0. The summed E-state index contributed by atoms with van der Waals surface area (Å²) in [6.07, 6.45) is 6.21. The molecule has 0 spiro atoms. The zero-order valence-corrected chi connectivity index (χ0v) is 16.9. The van der Waals surface area contributed by atoms with E-state index in [9.17, 15) is 9.59 Å². The molecule has 3 rings (SSSR count). The molecule has 28 heavy (non-hydrogen) atoms. The van der Waals surface area contributed by atoms with Gasteiger partial charge in [0.05, 0.1) is 9.88 Å². The first-order chi connectivity index (χ1) is 13.7. The number of benzene rings is 1. The molecular weight excluding hydrogens is 372 g/mol. The summed E-state index contributed by atoms with van der Waals surface area (Å²) >= 11 is 1.27. The number of nitrogens with zero attached hydrogens (tertiary/aromatic N) is 1. The number of hydrogen-bond acceptors (Lipinski definition) is 4. The second-order valence-electron chi connectivity index (χ2n) is 6.97. The highest BCUT2D eigenvalue weighted by Crippen LogP contribution is 2.22. The monoisotopic (exact) mass is 400 g/mol. The van der Waals surface area contributed by atoms with Gasteiger partial charge in [0.1, 0.15) is 0 Å². The van der Waals surface area contributed by atoms with Crippen LogP contribution >= 0.6 is 11.3 Å². The molecule has 3 N–H and O–H groups in total. The van der Waals surface area contributed by atoms with E-state index in [4.69, 9.17) is 0 Å². The number of carbonyl (C=O) groups excluding carboxylic acids is 2. The van der Waals surface area contributed by atoms with Crippen LogP contribution in [0.25, 0.3) is 0 Å². The van der Waals surface area contributed by atoms with Crippen LogP contribution in [0.5, 0.6) is 0 Å². The first kappa shape index (κ1) is 20.4. The molecule has 0 saturated carbocycles. The minimum Gasteiger partial charge on any atom is -0.351 e. The van der Waals surface area contributed by atoms with Crippen molar-refractivity contribution >= 4 is 34.0 Å². The van der Waals surface area contributed by atoms with E-state index in [-0.39, 0.29) is 11.9 Å². The number of rotatable bonds is 7. The van der Waals surface area contributed by atoms with Crippen LogP contribution in [0.2, 0.25) is 0 Å². The van der Waals surface area contributed by atoms with Gasteiger partial charge in [-0.15, -0.1) is 11.3 Å². The van der Waals surface area contributed by atoms with Gasteiger partial charge in [0.25, 0.3) is 5.91 Å². The number of hydrogen-bond donors (Lipinski definition) is 3. The lowest BCUT2D eigenvalue weighted by Crippen LogP contribution is -2.30. The Kier molecular flexibility index (Phi) is 7.87. The molecular formula is C21H28N4O2S. The van der Waals surface area contributed by atoms with Gasteiger partial charge >= 0.3 is 6.03 Å². The number of thiophene rings is 1. The van der Waals surface area contributed by atoms with Crippen molar-refractivity contribution < 1.29 is 9.59 Å². The maximum atomic E-state index is 12.3. The molecule has 2 heterocycles. The van der Waals surface area contributed by atoms with Crippen molar-refractivity contribution in [1.29, 1.82) is 0 Å². The number of urea groups is 1. The summed E-state index contributed by atoms with van der Waals surface area (Å²) in [5, 5.41) is 9.14. The van der Waals surface area contributed by atoms with E-state index >= 15 is 0 Å². The van der Waals surface area contributed by atoms with Crippen LogP contribution < -0.4 is 16.0 Å². The Morgan fingerprint density at radius 1 is 0.929 bits per heavy atom. The molecule has 1 fully saturated rings. The lowest BCUT2D eigenvalue weighted by Gasteiger charge is -2.19. The Morgan fingerprint density at radius 2 is 1.68 bits per heavy atom. The van der Waals surface area contributed by atoms with Crippen molar-refractivity contribution in [1.82, 2.24) is 10.2 Å². The Bertz CT molecular complexity index is 755. The van der Waals surface area contributed by atoms with Crippen LogP contribution in [0.4, 0.5) is 15.5 Å². The lowest BCUT2D eigenvalue weighted by molar-refractivity contribution is 0.0955. The second kappa shape index (κ2) is 10.8. The number of amides is 3. The van der Waals surface area contributed by atoms with Gasteiger partial charge in [-0.2, -0.15) is 0 Å². The van der Waals surface area contributed by atoms with Crippen molar-refractivity contribution in [3.05, 3.63) is 47.3 Å². The molecule has 0 unspecified atom stereocenters. The Hall–Kier alpha value is -2.38. The van der Waals surface area contributed by atoms with Gasteiger partial charge in [-0.3, -0.25) is 10.1 Å². The fourth-order valence-corrected chi connectivity index (χ4v) is 4.09. The molecule has 0 aliphatic carbocycles.